The molecule has 1 aromatic rings. The molecule has 0 saturated heterocycles. The van der Waals surface area contributed by atoms with Crippen LogP contribution in [0.4, 0.5) is 6.01 Å². The van der Waals surface area contributed by atoms with Crippen molar-refractivity contribution in [2.75, 3.05) is 11.4 Å². The number of anilines is 1. The Morgan fingerprint density at radius 2 is 2.29 bits per heavy atom. The molecule has 1 rings (SSSR count). The molecule has 0 aliphatic carbocycles. The van der Waals surface area contributed by atoms with Crippen LogP contribution in [-0.2, 0) is 4.79 Å². The largest absolute Gasteiger partial charge is 0.480 e. The van der Waals surface area contributed by atoms with Crippen LogP contribution in [0.1, 0.15) is 19.7 Å². The molecule has 0 bridgehead atoms. The number of hydrogen-bond donors (Lipinski definition) is 1. The molecule has 1 N–H and O–H groups in total. The SMILES string of the molecule is Cc1noc(N(CC(=O)O)C(C)C)n1. The summed E-state index contributed by atoms with van der Waals surface area (Å²) in [5.41, 5.74) is 0. The lowest BCUT2D eigenvalue weighted by molar-refractivity contribution is -0.135. The molecule has 0 aliphatic rings. The topological polar surface area (TPSA) is 79.5 Å². The number of hydrogen-bond acceptors (Lipinski definition) is 5. The minimum Gasteiger partial charge on any atom is -0.480 e. The van der Waals surface area contributed by atoms with Crippen LogP contribution in [0, 0.1) is 6.92 Å². The predicted octanol–water partition coefficient (Wildman–Crippen LogP) is 0.677. The van der Waals surface area contributed by atoms with E-state index >= 15 is 0 Å². The second kappa shape index (κ2) is 4.08. The summed E-state index contributed by atoms with van der Waals surface area (Å²) in [6.07, 6.45) is 0. The Labute approximate surface area is 81.5 Å². The molecule has 1 aromatic heterocycles. The Morgan fingerprint density at radius 3 is 2.64 bits per heavy atom. The van der Waals surface area contributed by atoms with Gasteiger partial charge in [-0.1, -0.05) is 5.16 Å². The lowest BCUT2D eigenvalue weighted by Gasteiger charge is -2.21. The van der Waals surface area contributed by atoms with E-state index in [9.17, 15) is 4.79 Å². The summed E-state index contributed by atoms with van der Waals surface area (Å²) in [5.74, 6) is -0.425. The number of rotatable bonds is 4. The number of aryl methyl sites for hydroxylation is 1. The van der Waals surface area contributed by atoms with Crippen molar-refractivity contribution in [2.45, 2.75) is 26.8 Å². The highest BCUT2D eigenvalue weighted by Crippen LogP contribution is 2.13. The van der Waals surface area contributed by atoms with Crippen molar-refractivity contribution >= 4 is 12.0 Å². The van der Waals surface area contributed by atoms with E-state index in [1.165, 1.54) is 4.90 Å². The lowest BCUT2D eigenvalue weighted by atomic mass is 10.3. The van der Waals surface area contributed by atoms with Crippen molar-refractivity contribution in [1.82, 2.24) is 10.1 Å². The first-order valence-corrected chi connectivity index (χ1v) is 4.29. The Bertz CT molecular complexity index is 321. The quantitative estimate of drug-likeness (QED) is 0.768. The van der Waals surface area contributed by atoms with Gasteiger partial charge in [-0.05, 0) is 20.8 Å². The highest BCUT2D eigenvalue weighted by molar-refractivity contribution is 5.72. The first kappa shape index (κ1) is 10.5. The first-order chi connectivity index (χ1) is 6.50. The van der Waals surface area contributed by atoms with Gasteiger partial charge in [-0.2, -0.15) is 4.98 Å². The molecule has 0 aromatic carbocycles. The molecule has 1 heterocycles. The van der Waals surface area contributed by atoms with Crippen molar-refractivity contribution in [2.24, 2.45) is 0 Å². The fourth-order valence-corrected chi connectivity index (χ4v) is 1.02. The van der Waals surface area contributed by atoms with Crippen LogP contribution in [0.5, 0.6) is 0 Å². The molecule has 6 nitrogen and oxygen atoms in total. The number of nitrogens with zero attached hydrogens (tertiary/aromatic N) is 3. The van der Waals surface area contributed by atoms with Gasteiger partial charge in [-0.25, -0.2) is 0 Å². The Morgan fingerprint density at radius 1 is 1.64 bits per heavy atom. The molecule has 0 atom stereocenters. The van der Waals surface area contributed by atoms with Crippen molar-refractivity contribution in [3.05, 3.63) is 5.82 Å². The van der Waals surface area contributed by atoms with Crippen LogP contribution in [-0.4, -0.2) is 33.8 Å². The molecule has 78 valence electrons. The summed E-state index contributed by atoms with van der Waals surface area (Å²) in [7, 11) is 0. The normalized spacial score (nSPS) is 10.6. The fraction of sp³-hybridized carbons (Fsp3) is 0.625. The molecule has 6 heteroatoms. The minimum absolute atomic E-state index is 0.00551. The van der Waals surface area contributed by atoms with Crippen molar-refractivity contribution in [3.63, 3.8) is 0 Å². The summed E-state index contributed by atoms with van der Waals surface area (Å²) >= 11 is 0. The Balaban J connectivity index is 2.82. The smallest absolute Gasteiger partial charge is 0.324 e. The van der Waals surface area contributed by atoms with Gasteiger partial charge in [0.15, 0.2) is 5.82 Å². The Kier molecular flexibility index (Phi) is 3.06. The summed E-state index contributed by atoms with van der Waals surface area (Å²) < 4.78 is 4.89. The maximum atomic E-state index is 10.6. The molecule has 0 saturated carbocycles. The second-order valence-electron chi connectivity index (χ2n) is 3.24. The van der Waals surface area contributed by atoms with Crippen LogP contribution < -0.4 is 4.90 Å². The number of carboxylic acids is 1. The molecule has 0 aliphatic heterocycles. The zero-order valence-corrected chi connectivity index (χ0v) is 8.39. The average molecular weight is 199 g/mol. The van der Waals surface area contributed by atoms with Crippen LogP contribution in [0.2, 0.25) is 0 Å². The van der Waals surface area contributed by atoms with E-state index in [4.69, 9.17) is 9.63 Å². The van der Waals surface area contributed by atoms with Gasteiger partial charge in [-0.3, -0.25) is 4.79 Å². The van der Waals surface area contributed by atoms with Gasteiger partial charge in [0.05, 0.1) is 0 Å². The highest BCUT2D eigenvalue weighted by atomic mass is 16.5. The van der Waals surface area contributed by atoms with Gasteiger partial charge in [0, 0.05) is 6.04 Å². The van der Waals surface area contributed by atoms with E-state index in [0.29, 0.717) is 5.82 Å². The van der Waals surface area contributed by atoms with E-state index in [2.05, 4.69) is 10.1 Å². The van der Waals surface area contributed by atoms with Crippen LogP contribution in [0.3, 0.4) is 0 Å². The molecule has 14 heavy (non-hydrogen) atoms. The van der Waals surface area contributed by atoms with Gasteiger partial charge in [0.2, 0.25) is 0 Å². The number of carboxylic acid groups (broad SMARTS) is 1. The zero-order valence-electron chi connectivity index (χ0n) is 8.39. The Hall–Kier alpha value is -1.59. The number of carbonyl (C=O) groups is 1. The third kappa shape index (κ3) is 2.45. The van der Waals surface area contributed by atoms with Crippen LogP contribution >= 0.6 is 0 Å². The zero-order chi connectivity index (χ0) is 10.7. The van der Waals surface area contributed by atoms with Gasteiger partial charge >= 0.3 is 12.0 Å². The molecule has 0 fully saturated rings. The van der Waals surface area contributed by atoms with E-state index < -0.39 is 5.97 Å². The molecular formula is C8H13N3O3. The fourth-order valence-electron chi connectivity index (χ4n) is 1.02. The van der Waals surface area contributed by atoms with Gasteiger partial charge < -0.3 is 14.5 Å². The highest BCUT2D eigenvalue weighted by Gasteiger charge is 2.19. The van der Waals surface area contributed by atoms with Crippen molar-refractivity contribution < 1.29 is 14.4 Å². The standard InChI is InChI=1S/C8H13N3O3/c1-5(2)11(4-7(12)13)8-9-6(3)10-14-8/h5H,4H2,1-3H3,(H,12,13). The van der Waals surface area contributed by atoms with Gasteiger partial charge in [0.1, 0.15) is 6.54 Å². The maximum Gasteiger partial charge on any atom is 0.324 e. The third-order valence-electron chi connectivity index (χ3n) is 1.69. The minimum atomic E-state index is -0.922. The van der Waals surface area contributed by atoms with Gasteiger partial charge in [-0.15, -0.1) is 0 Å². The van der Waals surface area contributed by atoms with Gasteiger partial charge in [0.25, 0.3) is 0 Å². The molecule has 0 radical (unpaired) electrons. The first-order valence-electron chi connectivity index (χ1n) is 4.29. The van der Waals surface area contributed by atoms with E-state index in [0.717, 1.165) is 0 Å². The third-order valence-corrected chi connectivity index (χ3v) is 1.69. The van der Waals surface area contributed by atoms with Crippen LogP contribution in [0.25, 0.3) is 0 Å². The van der Waals surface area contributed by atoms with Crippen molar-refractivity contribution in [3.8, 4) is 0 Å². The number of aliphatic carboxylic acids is 1. The predicted molar refractivity (Wildman–Crippen MR) is 49.2 cm³/mol. The summed E-state index contributed by atoms with van der Waals surface area (Å²) in [6, 6.07) is 0.255. The monoisotopic (exact) mass is 199 g/mol. The summed E-state index contributed by atoms with van der Waals surface area (Å²) in [5, 5.41) is 12.3. The average Bonchev–Trinajstić information content (AvgIpc) is 2.46. The van der Waals surface area contributed by atoms with E-state index in [1.807, 2.05) is 13.8 Å². The molecule has 0 amide bonds. The van der Waals surface area contributed by atoms with E-state index in [-0.39, 0.29) is 18.6 Å². The summed E-state index contributed by atoms with van der Waals surface area (Å²) in [4.78, 5) is 16.1. The van der Waals surface area contributed by atoms with E-state index in [1.54, 1.807) is 6.92 Å². The molecule has 0 spiro atoms. The lowest BCUT2D eigenvalue weighted by Crippen LogP contribution is -2.35. The molecular weight excluding hydrogens is 186 g/mol. The molecule has 0 unspecified atom stereocenters. The summed E-state index contributed by atoms with van der Waals surface area (Å²) in [6.45, 7) is 5.27. The van der Waals surface area contributed by atoms with Crippen molar-refractivity contribution in [1.29, 1.82) is 0 Å². The number of aromatic nitrogens is 2. The maximum absolute atomic E-state index is 10.6. The van der Waals surface area contributed by atoms with Crippen LogP contribution in [0.15, 0.2) is 4.52 Å². The second-order valence-corrected chi connectivity index (χ2v) is 3.24.